The first-order valence-corrected chi connectivity index (χ1v) is 44.8. The second kappa shape index (κ2) is 74.2. The third-order valence-corrected chi connectivity index (χ3v) is 23.6. The first-order valence-electron chi connectivity index (χ1n) is 44.8. The summed E-state index contributed by atoms with van der Waals surface area (Å²) in [6, 6.07) is 0. The number of rotatable bonds is 82. The molecule has 0 unspecified atom stereocenters. The van der Waals surface area contributed by atoms with Crippen molar-refractivity contribution in [1.29, 1.82) is 0 Å². The van der Waals surface area contributed by atoms with Crippen molar-refractivity contribution in [2.45, 2.75) is 555 Å². The van der Waals surface area contributed by atoms with E-state index in [0.717, 1.165) is 0 Å². The smallest absolute Gasteiger partial charge is 0.0992 e. The molecule has 0 aromatic rings. The van der Waals surface area contributed by atoms with Crippen molar-refractivity contribution in [2.24, 2.45) is 5.41 Å². The number of hydrogen-bond donors (Lipinski definition) is 0. The zero-order valence-electron chi connectivity index (χ0n) is 66.0. The maximum absolute atomic E-state index is 2.40. The van der Waals surface area contributed by atoms with Crippen LogP contribution >= 0.6 is 0 Å². The molecule has 1 nitrogen and oxygen atoms in total. The zero-order valence-corrected chi connectivity index (χ0v) is 66.0. The first-order chi connectivity index (χ1) is 44.9. The van der Waals surface area contributed by atoms with Crippen LogP contribution in [0.3, 0.4) is 0 Å². The Morgan fingerprint density at radius 3 is 0.407 bits per heavy atom. The molecule has 0 aliphatic rings. The molecule has 1 heteroatoms. The predicted molar refractivity (Wildman–Crippen MR) is 421 cm³/mol. The molecule has 0 aliphatic heterocycles. The fourth-order valence-electron chi connectivity index (χ4n) is 17.3. The highest BCUT2D eigenvalue weighted by atomic mass is 15.4. The summed E-state index contributed by atoms with van der Waals surface area (Å²) in [5, 5.41) is 0. The van der Waals surface area contributed by atoms with Gasteiger partial charge in [0.2, 0.25) is 0 Å². The van der Waals surface area contributed by atoms with Crippen LogP contribution in [0, 0.1) is 5.41 Å². The van der Waals surface area contributed by atoms with Crippen LogP contribution in [0.4, 0.5) is 0 Å². The molecule has 0 amide bonds. The second-order valence-corrected chi connectivity index (χ2v) is 32.2. The SMILES string of the molecule is CCCCCCCCCCC(CCCCCCCCCC)(CCCCCCCCCC)CCCCCCCCC(CCCCCCCCCC)(CCCCCCCCCC)[N+](CCCCCCCCCC)(CCCCCCCCCC)CCCCCCCCCC. The van der Waals surface area contributed by atoms with Crippen molar-refractivity contribution >= 4 is 0 Å². The topological polar surface area (TPSA) is 0 Å². The molecule has 0 radical (unpaired) electrons. The Labute approximate surface area is 581 Å². The maximum atomic E-state index is 2.40. The van der Waals surface area contributed by atoms with Gasteiger partial charge >= 0.3 is 0 Å². The third kappa shape index (κ3) is 57.6. The van der Waals surface area contributed by atoms with E-state index in [-0.39, 0.29) is 0 Å². The normalized spacial score (nSPS) is 12.4. The van der Waals surface area contributed by atoms with Gasteiger partial charge in [-0.2, -0.15) is 0 Å². The Morgan fingerprint density at radius 1 is 0.132 bits per heavy atom. The van der Waals surface area contributed by atoms with Crippen LogP contribution in [-0.4, -0.2) is 29.7 Å². The molecule has 0 aromatic heterocycles. The van der Waals surface area contributed by atoms with Gasteiger partial charge in [-0.1, -0.05) is 447 Å². The molecule has 0 saturated carbocycles. The Hall–Kier alpha value is -0.0400. The van der Waals surface area contributed by atoms with E-state index >= 15 is 0 Å². The molecule has 0 saturated heterocycles. The van der Waals surface area contributed by atoms with E-state index in [1.807, 2.05) is 0 Å². The Morgan fingerprint density at radius 2 is 0.253 bits per heavy atom. The van der Waals surface area contributed by atoms with Crippen molar-refractivity contribution in [3.63, 3.8) is 0 Å². The summed E-state index contributed by atoms with van der Waals surface area (Å²) < 4.78 is 1.54. The van der Waals surface area contributed by atoms with Crippen LogP contribution < -0.4 is 0 Å². The quantitative estimate of drug-likeness (QED) is 0.0421. The summed E-state index contributed by atoms with van der Waals surface area (Å²) in [6.07, 6.45) is 114. The molecule has 91 heavy (non-hydrogen) atoms. The highest BCUT2D eigenvalue weighted by molar-refractivity contribution is 4.85. The molecule has 0 atom stereocenters. The molecule has 0 bridgehead atoms. The van der Waals surface area contributed by atoms with Gasteiger partial charge < -0.3 is 4.48 Å². The Balaban J connectivity index is 7.04. The molecular formula is C90H184N+. The first kappa shape index (κ1) is 91.0. The molecular weight excluding hydrogens is 1090 g/mol. The summed E-state index contributed by atoms with van der Waals surface area (Å²) in [7, 11) is 0. The minimum atomic E-state index is 0.480. The van der Waals surface area contributed by atoms with Gasteiger partial charge in [0, 0.05) is 19.3 Å². The van der Waals surface area contributed by atoms with Gasteiger partial charge in [-0.25, -0.2) is 0 Å². The van der Waals surface area contributed by atoms with Gasteiger partial charge in [0.15, 0.2) is 0 Å². The van der Waals surface area contributed by atoms with E-state index in [9.17, 15) is 0 Å². The minimum absolute atomic E-state index is 0.480. The van der Waals surface area contributed by atoms with Gasteiger partial charge in [0.05, 0.1) is 25.2 Å². The summed E-state index contributed by atoms with van der Waals surface area (Å²) >= 11 is 0. The van der Waals surface area contributed by atoms with Gasteiger partial charge in [-0.05, 0) is 88.9 Å². The molecule has 0 heterocycles. The van der Waals surface area contributed by atoms with E-state index in [4.69, 9.17) is 0 Å². The minimum Gasteiger partial charge on any atom is -0.319 e. The van der Waals surface area contributed by atoms with Crippen LogP contribution in [-0.2, 0) is 0 Å². The van der Waals surface area contributed by atoms with Gasteiger partial charge in [0.25, 0.3) is 0 Å². The van der Waals surface area contributed by atoms with Crippen molar-refractivity contribution < 1.29 is 4.48 Å². The number of unbranched alkanes of at least 4 members (excludes halogenated alkanes) is 61. The third-order valence-electron chi connectivity index (χ3n) is 23.6. The van der Waals surface area contributed by atoms with Crippen molar-refractivity contribution in [2.75, 3.05) is 19.6 Å². The lowest BCUT2D eigenvalue weighted by Gasteiger charge is -2.55. The molecule has 0 fully saturated rings. The van der Waals surface area contributed by atoms with E-state index in [2.05, 4.69) is 55.4 Å². The summed E-state index contributed by atoms with van der Waals surface area (Å²) in [5.74, 6) is 0. The lowest BCUT2D eigenvalue weighted by atomic mass is 9.70. The summed E-state index contributed by atoms with van der Waals surface area (Å²) in [4.78, 5) is 0. The van der Waals surface area contributed by atoms with E-state index in [0.29, 0.717) is 11.0 Å². The van der Waals surface area contributed by atoms with Crippen molar-refractivity contribution in [3.05, 3.63) is 0 Å². The number of nitrogens with zero attached hydrogens (tertiary/aromatic N) is 1. The average molecular weight is 1280 g/mol. The highest BCUT2D eigenvalue weighted by Gasteiger charge is 2.48. The number of quaternary nitrogens is 1. The highest BCUT2D eigenvalue weighted by Crippen LogP contribution is 2.45. The largest absolute Gasteiger partial charge is 0.319 e. The Bertz CT molecular complexity index is 1180. The summed E-state index contributed by atoms with van der Waals surface area (Å²) in [5.41, 5.74) is 1.10. The van der Waals surface area contributed by atoms with Crippen LogP contribution in [0.15, 0.2) is 0 Å². The van der Waals surface area contributed by atoms with E-state index < -0.39 is 0 Å². The fraction of sp³-hybridized carbons (Fsp3) is 1.00. The predicted octanol–water partition coefficient (Wildman–Crippen LogP) is 33.7. The molecule has 0 aliphatic carbocycles. The van der Waals surface area contributed by atoms with Crippen LogP contribution in [0.5, 0.6) is 0 Å². The van der Waals surface area contributed by atoms with E-state index in [1.54, 1.807) is 49.4 Å². The Kier molecular flexibility index (Phi) is 74.2. The van der Waals surface area contributed by atoms with Crippen LogP contribution in [0.1, 0.15) is 550 Å². The van der Waals surface area contributed by atoms with E-state index in [1.165, 1.54) is 469 Å². The van der Waals surface area contributed by atoms with Crippen LogP contribution in [0.2, 0.25) is 0 Å². The molecule has 0 spiro atoms. The fourth-order valence-corrected chi connectivity index (χ4v) is 17.3. The standard InChI is InChI=1S/C90H184N/c1-9-17-25-33-41-49-59-69-79-89(80-70-60-50-42-34-26-18-10-2,81-71-61-51-43-35-27-19-11-3)82-72-62-54-55-65-75-85-90(83-73-63-52-44-36-28-20-12-4,84-74-64-53-45-37-29-21-13-5)91(86-76-66-56-46-38-30-22-14-6,87-77-67-57-47-39-31-23-15-7)88-78-68-58-48-40-32-24-16-8/h9-88H2,1-8H3/q+1. The maximum Gasteiger partial charge on any atom is 0.0992 e. The van der Waals surface area contributed by atoms with Crippen LogP contribution in [0.25, 0.3) is 0 Å². The lowest BCUT2D eigenvalue weighted by molar-refractivity contribution is -0.978. The van der Waals surface area contributed by atoms with Gasteiger partial charge in [0.1, 0.15) is 0 Å². The zero-order chi connectivity index (χ0) is 66.1. The number of hydrogen-bond acceptors (Lipinski definition) is 0. The van der Waals surface area contributed by atoms with Crippen molar-refractivity contribution in [3.8, 4) is 0 Å². The lowest BCUT2D eigenvalue weighted by Crippen LogP contribution is -2.65. The average Bonchev–Trinajstić information content (AvgIpc) is 1.23. The molecule has 0 rings (SSSR count). The van der Waals surface area contributed by atoms with Crippen molar-refractivity contribution in [1.82, 2.24) is 0 Å². The molecule has 548 valence electrons. The molecule has 0 N–H and O–H groups in total. The van der Waals surface area contributed by atoms with Gasteiger partial charge in [-0.3, -0.25) is 0 Å². The summed E-state index contributed by atoms with van der Waals surface area (Å²) in [6.45, 7) is 23.6. The monoisotopic (exact) mass is 1280 g/mol. The second-order valence-electron chi connectivity index (χ2n) is 32.2. The van der Waals surface area contributed by atoms with Gasteiger partial charge in [-0.15, -0.1) is 0 Å². The molecule has 0 aromatic carbocycles.